The fourth-order valence-corrected chi connectivity index (χ4v) is 1.08. The number of carbonyl (C=O) groups excluding carboxylic acids is 1. The molecule has 5 heteroatoms. The molecule has 0 atom stereocenters. The normalized spacial score (nSPS) is 9.50. The Hall–Kier alpha value is -1.49. The van der Waals surface area contributed by atoms with E-state index in [9.17, 15) is 9.18 Å². The average molecular weight is 212 g/mol. The number of hydrogen-bond donors (Lipinski definition) is 2. The minimum Gasteiger partial charge on any atom is -0.376 e. The lowest BCUT2D eigenvalue weighted by Gasteiger charge is -2.02. The predicted octanol–water partition coefficient (Wildman–Crippen LogP) is 0.728. The molecule has 0 bridgehead atoms. The third kappa shape index (κ3) is 3.49. The van der Waals surface area contributed by atoms with Crippen LogP contribution in [0.5, 0.6) is 0 Å². The molecule has 1 aromatic carbocycles. The summed E-state index contributed by atoms with van der Waals surface area (Å²) in [5.74, 6) is -0.632. The Morgan fingerprint density at radius 3 is 2.50 bits per heavy atom. The van der Waals surface area contributed by atoms with Crippen LogP contribution in [-0.4, -0.2) is 11.0 Å². The summed E-state index contributed by atoms with van der Waals surface area (Å²) in [4.78, 5) is 11.1. The summed E-state index contributed by atoms with van der Waals surface area (Å²) in [6.07, 6.45) is 0.137. The van der Waals surface area contributed by atoms with Gasteiger partial charge < -0.3 is 11.1 Å². The summed E-state index contributed by atoms with van der Waals surface area (Å²) in [7, 11) is 0. The molecule has 0 aliphatic heterocycles. The lowest BCUT2D eigenvalue weighted by atomic mass is 10.1. The highest BCUT2D eigenvalue weighted by atomic mass is 32.1. The molecule has 0 aromatic heterocycles. The Kier molecular flexibility index (Phi) is 3.53. The van der Waals surface area contributed by atoms with Crippen LogP contribution >= 0.6 is 12.2 Å². The third-order valence-electron chi connectivity index (χ3n) is 1.54. The van der Waals surface area contributed by atoms with Gasteiger partial charge in [0.1, 0.15) is 5.82 Å². The molecule has 0 heterocycles. The molecular formula is C9H9FN2OS. The van der Waals surface area contributed by atoms with E-state index in [1.807, 2.05) is 0 Å². The molecular weight excluding hydrogens is 203 g/mol. The maximum atomic E-state index is 12.5. The number of halogens is 1. The van der Waals surface area contributed by atoms with E-state index in [4.69, 9.17) is 5.73 Å². The van der Waals surface area contributed by atoms with Gasteiger partial charge in [-0.15, -0.1) is 0 Å². The van der Waals surface area contributed by atoms with E-state index in [1.165, 1.54) is 24.3 Å². The van der Waals surface area contributed by atoms with Gasteiger partial charge in [-0.05, 0) is 29.9 Å². The maximum absolute atomic E-state index is 12.5. The van der Waals surface area contributed by atoms with Crippen LogP contribution in [0.3, 0.4) is 0 Å². The highest BCUT2D eigenvalue weighted by Gasteiger charge is 2.03. The number of amides is 1. The van der Waals surface area contributed by atoms with Gasteiger partial charge in [0, 0.05) is 0 Å². The van der Waals surface area contributed by atoms with E-state index < -0.39 is 0 Å². The van der Waals surface area contributed by atoms with Gasteiger partial charge in [-0.2, -0.15) is 0 Å². The van der Waals surface area contributed by atoms with Gasteiger partial charge in [-0.3, -0.25) is 4.79 Å². The van der Waals surface area contributed by atoms with Crippen molar-refractivity contribution in [2.24, 2.45) is 5.73 Å². The van der Waals surface area contributed by atoms with Gasteiger partial charge in [0.2, 0.25) is 5.91 Å². The van der Waals surface area contributed by atoms with Crippen LogP contribution in [0, 0.1) is 5.82 Å². The quantitative estimate of drug-likeness (QED) is 0.710. The highest BCUT2D eigenvalue weighted by molar-refractivity contribution is 7.80. The predicted molar refractivity (Wildman–Crippen MR) is 55.0 cm³/mol. The van der Waals surface area contributed by atoms with Crippen molar-refractivity contribution in [3.8, 4) is 0 Å². The molecule has 14 heavy (non-hydrogen) atoms. The summed E-state index contributed by atoms with van der Waals surface area (Å²) >= 11 is 4.49. The van der Waals surface area contributed by atoms with Crippen LogP contribution in [0.2, 0.25) is 0 Å². The van der Waals surface area contributed by atoms with Gasteiger partial charge in [-0.25, -0.2) is 4.39 Å². The van der Waals surface area contributed by atoms with Crippen molar-refractivity contribution >= 4 is 23.2 Å². The summed E-state index contributed by atoms with van der Waals surface area (Å²) in [6, 6.07) is 5.66. The Bertz CT molecular complexity index is 350. The van der Waals surface area contributed by atoms with Gasteiger partial charge in [0.25, 0.3) is 0 Å². The Morgan fingerprint density at radius 1 is 1.43 bits per heavy atom. The van der Waals surface area contributed by atoms with Crippen molar-refractivity contribution < 1.29 is 9.18 Å². The first-order valence-corrected chi connectivity index (χ1v) is 4.32. The van der Waals surface area contributed by atoms with E-state index in [2.05, 4.69) is 17.5 Å². The van der Waals surface area contributed by atoms with E-state index in [0.29, 0.717) is 5.56 Å². The van der Waals surface area contributed by atoms with Crippen LogP contribution < -0.4 is 11.1 Å². The number of nitrogens with two attached hydrogens (primary N) is 1. The second-order valence-electron chi connectivity index (χ2n) is 2.72. The van der Waals surface area contributed by atoms with Crippen molar-refractivity contribution in [2.45, 2.75) is 6.42 Å². The first-order valence-electron chi connectivity index (χ1n) is 3.91. The molecule has 74 valence electrons. The zero-order chi connectivity index (χ0) is 10.6. The highest BCUT2D eigenvalue weighted by Crippen LogP contribution is 2.03. The van der Waals surface area contributed by atoms with E-state index in [0.717, 1.165) is 0 Å². The van der Waals surface area contributed by atoms with E-state index >= 15 is 0 Å². The molecule has 0 fully saturated rings. The topological polar surface area (TPSA) is 55.1 Å². The number of hydrogen-bond acceptors (Lipinski definition) is 2. The Morgan fingerprint density at radius 2 is 2.00 bits per heavy atom. The van der Waals surface area contributed by atoms with Gasteiger partial charge in [0.05, 0.1) is 6.42 Å². The summed E-state index contributed by atoms with van der Waals surface area (Å²) in [5, 5.41) is 2.22. The molecule has 1 aromatic rings. The van der Waals surface area contributed by atoms with Crippen LogP contribution in [0.1, 0.15) is 5.56 Å². The lowest BCUT2D eigenvalue weighted by molar-refractivity contribution is -0.119. The SMILES string of the molecule is NC(=S)NC(=O)Cc1ccc(F)cc1. The van der Waals surface area contributed by atoms with Crippen LogP contribution in [0.25, 0.3) is 0 Å². The smallest absolute Gasteiger partial charge is 0.230 e. The van der Waals surface area contributed by atoms with Crippen LogP contribution in [0.4, 0.5) is 4.39 Å². The number of carbonyl (C=O) groups is 1. The Balaban J connectivity index is 2.56. The monoisotopic (exact) mass is 212 g/mol. The molecule has 0 aliphatic rings. The molecule has 0 spiro atoms. The van der Waals surface area contributed by atoms with E-state index in [-0.39, 0.29) is 23.3 Å². The van der Waals surface area contributed by atoms with Gasteiger partial charge in [0.15, 0.2) is 5.11 Å². The molecule has 3 nitrogen and oxygen atoms in total. The lowest BCUT2D eigenvalue weighted by Crippen LogP contribution is -2.35. The first kappa shape index (κ1) is 10.6. The largest absolute Gasteiger partial charge is 0.376 e. The second kappa shape index (κ2) is 4.66. The summed E-state index contributed by atoms with van der Waals surface area (Å²) < 4.78 is 12.5. The van der Waals surface area contributed by atoms with Crippen molar-refractivity contribution in [2.75, 3.05) is 0 Å². The number of rotatable bonds is 2. The number of thiocarbonyl (C=S) groups is 1. The maximum Gasteiger partial charge on any atom is 0.230 e. The second-order valence-corrected chi connectivity index (χ2v) is 3.16. The van der Waals surface area contributed by atoms with Crippen molar-refractivity contribution in [3.63, 3.8) is 0 Å². The van der Waals surface area contributed by atoms with Gasteiger partial charge >= 0.3 is 0 Å². The zero-order valence-electron chi connectivity index (χ0n) is 7.29. The molecule has 1 amide bonds. The van der Waals surface area contributed by atoms with Crippen LogP contribution in [0.15, 0.2) is 24.3 Å². The molecule has 0 radical (unpaired) electrons. The molecule has 1 rings (SSSR count). The number of nitrogens with one attached hydrogen (secondary N) is 1. The molecule has 0 saturated heterocycles. The van der Waals surface area contributed by atoms with Crippen molar-refractivity contribution in [1.29, 1.82) is 0 Å². The molecule has 0 aliphatic carbocycles. The number of benzene rings is 1. The summed E-state index contributed by atoms with van der Waals surface area (Å²) in [5.41, 5.74) is 5.82. The molecule has 3 N–H and O–H groups in total. The van der Waals surface area contributed by atoms with Crippen LogP contribution in [-0.2, 0) is 11.2 Å². The average Bonchev–Trinajstić information content (AvgIpc) is 2.07. The Labute approximate surface area is 86.1 Å². The minimum atomic E-state index is -0.330. The van der Waals surface area contributed by atoms with E-state index in [1.54, 1.807) is 0 Å². The minimum absolute atomic E-state index is 0.0582. The summed E-state index contributed by atoms with van der Waals surface area (Å²) in [6.45, 7) is 0. The van der Waals surface area contributed by atoms with Gasteiger partial charge in [-0.1, -0.05) is 12.1 Å². The zero-order valence-corrected chi connectivity index (χ0v) is 8.10. The fraction of sp³-hybridized carbons (Fsp3) is 0.111. The third-order valence-corrected chi connectivity index (χ3v) is 1.64. The van der Waals surface area contributed by atoms with Crippen molar-refractivity contribution in [1.82, 2.24) is 5.32 Å². The fourth-order valence-electron chi connectivity index (χ4n) is 0.969. The standard InChI is InChI=1S/C9H9FN2OS/c10-7-3-1-6(2-4-7)5-8(13)12-9(11)14/h1-4H,5H2,(H3,11,12,13,14). The first-order chi connectivity index (χ1) is 6.58. The molecule has 0 saturated carbocycles. The van der Waals surface area contributed by atoms with Crippen molar-refractivity contribution in [3.05, 3.63) is 35.6 Å². The molecule has 0 unspecified atom stereocenters.